The summed E-state index contributed by atoms with van der Waals surface area (Å²) in [6, 6.07) is 9.51. The van der Waals surface area contributed by atoms with Crippen molar-refractivity contribution in [3.8, 4) is 0 Å². The summed E-state index contributed by atoms with van der Waals surface area (Å²) in [5.41, 5.74) is 5.56. The number of ether oxygens (including phenoxy) is 3. The Morgan fingerprint density at radius 3 is 2.65 bits per heavy atom. The lowest BCUT2D eigenvalue weighted by atomic mass is 9.98. The van der Waals surface area contributed by atoms with Gasteiger partial charge in [0.15, 0.2) is 11.4 Å². The third-order valence-corrected chi connectivity index (χ3v) is 3.31. The lowest BCUT2D eigenvalue weighted by Crippen LogP contribution is -2.58. The molecule has 0 bridgehead atoms. The van der Waals surface area contributed by atoms with Gasteiger partial charge >= 0.3 is 5.97 Å². The van der Waals surface area contributed by atoms with Crippen LogP contribution in [0, 0.1) is 0 Å². The molecule has 20 heavy (non-hydrogen) atoms. The predicted molar refractivity (Wildman–Crippen MR) is 73.8 cm³/mol. The minimum absolute atomic E-state index is 0.0768. The standard InChI is InChI=1S/C15H21NO4/c1-14(2)19-9-8-15(11-16,20-14)13(17)18-10-12-6-4-3-5-7-12/h3-7H,8-11,16H2,1-2H3/t15-/m0/s1. The summed E-state index contributed by atoms with van der Waals surface area (Å²) in [6.45, 7) is 4.24. The molecular weight excluding hydrogens is 258 g/mol. The van der Waals surface area contributed by atoms with E-state index in [0.29, 0.717) is 13.0 Å². The molecule has 1 aromatic rings. The van der Waals surface area contributed by atoms with Gasteiger partial charge in [-0.1, -0.05) is 30.3 Å². The molecule has 110 valence electrons. The highest BCUT2D eigenvalue weighted by Gasteiger charge is 2.47. The Labute approximate surface area is 119 Å². The van der Waals surface area contributed by atoms with E-state index in [-0.39, 0.29) is 13.2 Å². The number of rotatable bonds is 4. The second kappa shape index (κ2) is 5.91. The van der Waals surface area contributed by atoms with Crippen molar-refractivity contribution in [2.45, 2.75) is 38.3 Å². The van der Waals surface area contributed by atoms with Crippen molar-refractivity contribution in [3.63, 3.8) is 0 Å². The van der Waals surface area contributed by atoms with Crippen LogP contribution in [-0.4, -0.2) is 30.5 Å². The fourth-order valence-corrected chi connectivity index (χ4v) is 2.24. The number of carbonyl (C=O) groups excluding carboxylic acids is 1. The van der Waals surface area contributed by atoms with Crippen LogP contribution in [0.15, 0.2) is 30.3 Å². The molecular formula is C15H21NO4. The van der Waals surface area contributed by atoms with Gasteiger partial charge in [0.25, 0.3) is 0 Å². The fourth-order valence-electron chi connectivity index (χ4n) is 2.24. The van der Waals surface area contributed by atoms with E-state index in [9.17, 15) is 4.79 Å². The maximum Gasteiger partial charge on any atom is 0.340 e. The van der Waals surface area contributed by atoms with Crippen molar-refractivity contribution >= 4 is 5.97 Å². The Morgan fingerprint density at radius 1 is 1.35 bits per heavy atom. The molecule has 1 aliphatic heterocycles. The quantitative estimate of drug-likeness (QED) is 0.848. The van der Waals surface area contributed by atoms with Crippen molar-refractivity contribution in [3.05, 3.63) is 35.9 Å². The van der Waals surface area contributed by atoms with Gasteiger partial charge in [-0.15, -0.1) is 0 Å². The summed E-state index contributed by atoms with van der Waals surface area (Å²) in [5, 5.41) is 0. The Balaban J connectivity index is 2.02. The molecule has 0 radical (unpaired) electrons. The highest BCUT2D eigenvalue weighted by atomic mass is 16.7. The molecule has 0 spiro atoms. The lowest BCUT2D eigenvalue weighted by Gasteiger charge is -2.42. The largest absolute Gasteiger partial charge is 0.459 e. The third kappa shape index (κ3) is 3.36. The Morgan fingerprint density at radius 2 is 2.05 bits per heavy atom. The number of hydrogen-bond donors (Lipinski definition) is 1. The van der Waals surface area contributed by atoms with Gasteiger partial charge < -0.3 is 19.9 Å². The van der Waals surface area contributed by atoms with Gasteiger partial charge in [0.1, 0.15) is 6.61 Å². The molecule has 1 heterocycles. The van der Waals surface area contributed by atoms with E-state index in [1.54, 1.807) is 13.8 Å². The van der Waals surface area contributed by atoms with E-state index in [4.69, 9.17) is 19.9 Å². The zero-order valence-corrected chi connectivity index (χ0v) is 11.9. The van der Waals surface area contributed by atoms with Crippen molar-refractivity contribution in [1.82, 2.24) is 0 Å². The molecule has 0 aliphatic carbocycles. The maximum absolute atomic E-state index is 12.3. The molecule has 5 heteroatoms. The van der Waals surface area contributed by atoms with Gasteiger partial charge in [0.05, 0.1) is 6.61 Å². The molecule has 0 saturated carbocycles. The van der Waals surface area contributed by atoms with Crippen LogP contribution in [0.2, 0.25) is 0 Å². The van der Waals surface area contributed by atoms with E-state index < -0.39 is 17.4 Å². The second-order valence-corrected chi connectivity index (χ2v) is 5.36. The molecule has 1 fully saturated rings. The Kier molecular flexibility index (Phi) is 4.42. The van der Waals surface area contributed by atoms with Gasteiger partial charge in [-0.3, -0.25) is 0 Å². The molecule has 1 saturated heterocycles. The minimum atomic E-state index is -1.11. The summed E-state index contributed by atoms with van der Waals surface area (Å²) in [4.78, 5) is 12.3. The molecule has 5 nitrogen and oxygen atoms in total. The average molecular weight is 279 g/mol. The van der Waals surface area contributed by atoms with Gasteiger partial charge in [0, 0.05) is 13.0 Å². The van der Waals surface area contributed by atoms with Gasteiger partial charge in [-0.2, -0.15) is 0 Å². The van der Waals surface area contributed by atoms with E-state index in [1.807, 2.05) is 30.3 Å². The molecule has 1 atom stereocenters. The first-order valence-electron chi connectivity index (χ1n) is 6.73. The van der Waals surface area contributed by atoms with Crippen LogP contribution < -0.4 is 5.73 Å². The Hall–Kier alpha value is -1.43. The molecule has 0 amide bonds. The Bertz CT molecular complexity index is 460. The normalized spacial score (nSPS) is 25.1. The smallest absolute Gasteiger partial charge is 0.340 e. The first-order chi connectivity index (χ1) is 9.47. The van der Waals surface area contributed by atoms with Crippen molar-refractivity contribution in [2.24, 2.45) is 5.73 Å². The first-order valence-corrected chi connectivity index (χ1v) is 6.73. The third-order valence-electron chi connectivity index (χ3n) is 3.31. The minimum Gasteiger partial charge on any atom is -0.459 e. The molecule has 2 rings (SSSR count). The first kappa shape index (κ1) is 15.0. The zero-order valence-electron chi connectivity index (χ0n) is 11.9. The van der Waals surface area contributed by atoms with E-state index in [1.165, 1.54) is 0 Å². The predicted octanol–water partition coefficient (Wildman–Crippen LogP) is 1.60. The average Bonchev–Trinajstić information content (AvgIpc) is 2.44. The van der Waals surface area contributed by atoms with Gasteiger partial charge in [-0.25, -0.2) is 4.79 Å². The van der Waals surface area contributed by atoms with Crippen LogP contribution in [-0.2, 0) is 25.6 Å². The van der Waals surface area contributed by atoms with E-state index >= 15 is 0 Å². The molecule has 2 N–H and O–H groups in total. The lowest BCUT2D eigenvalue weighted by molar-refractivity contribution is -0.305. The van der Waals surface area contributed by atoms with Crippen LogP contribution in [0.4, 0.5) is 0 Å². The second-order valence-electron chi connectivity index (χ2n) is 5.36. The highest BCUT2D eigenvalue weighted by molar-refractivity contribution is 5.80. The zero-order chi connectivity index (χ0) is 14.6. The summed E-state index contributed by atoms with van der Waals surface area (Å²) in [7, 11) is 0. The fraction of sp³-hybridized carbons (Fsp3) is 0.533. The van der Waals surface area contributed by atoms with Gasteiger partial charge in [-0.05, 0) is 19.4 Å². The van der Waals surface area contributed by atoms with E-state index in [0.717, 1.165) is 5.56 Å². The van der Waals surface area contributed by atoms with Crippen molar-refractivity contribution < 1.29 is 19.0 Å². The van der Waals surface area contributed by atoms with Crippen LogP contribution in [0.3, 0.4) is 0 Å². The number of esters is 1. The monoisotopic (exact) mass is 279 g/mol. The maximum atomic E-state index is 12.3. The van der Waals surface area contributed by atoms with E-state index in [2.05, 4.69) is 0 Å². The van der Waals surface area contributed by atoms with Crippen LogP contribution in [0.1, 0.15) is 25.8 Å². The van der Waals surface area contributed by atoms with Crippen molar-refractivity contribution in [1.29, 1.82) is 0 Å². The van der Waals surface area contributed by atoms with Crippen LogP contribution >= 0.6 is 0 Å². The van der Waals surface area contributed by atoms with Crippen molar-refractivity contribution in [2.75, 3.05) is 13.2 Å². The summed E-state index contributed by atoms with van der Waals surface area (Å²) in [6.07, 6.45) is 0.403. The van der Waals surface area contributed by atoms with Crippen LogP contribution in [0.25, 0.3) is 0 Å². The van der Waals surface area contributed by atoms with Gasteiger partial charge in [0.2, 0.25) is 0 Å². The highest BCUT2D eigenvalue weighted by Crippen LogP contribution is 2.31. The molecule has 1 aliphatic rings. The summed E-state index contributed by atoms with van der Waals surface area (Å²) < 4.78 is 16.5. The number of nitrogens with two attached hydrogens (primary N) is 1. The number of carbonyl (C=O) groups is 1. The summed E-state index contributed by atoms with van der Waals surface area (Å²) >= 11 is 0. The molecule has 0 unspecified atom stereocenters. The molecule has 0 aromatic heterocycles. The SMILES string of the molecule is CC1(C)OCC[C@](CN)(C(=O)OCc2ccccc2)O1. The summed E-state index contributed by atoms with van der Waals surface area (Å²) in [5.74, 6) is -1.26. The topological polar surface area (TPSA) is 70.8 Å². The number of hydrogen-bond acceptors (Lipinski definition) is 5. The number of benzene rings is 1. The van der Waals surface area contributed by atoms with Crippen LogP contribution in [0.5, 0.6) is 0 Å². The molecule has 1 aromatic carbocycles.